The van der Waals surface area contributed by atoms with E-state index in [-0.39, 0.29) is 11.9 Å². The second-order valence-corrected chi connectivity index (χ2v) is 5.11. The molecule has 1 fully saturated rings. The third-order valence-electron chi connectivity index (χ3n) is 2.82. The average Bonchev–Trinajstić information content (AvgIpc) is 2.65. The molecular weight excluding hydrogens is 268 g/mol. The summed E-state index contributed by atoms with van der Waals surface area (Å²) in [6, 6.07) is 8.01. The molecule has 0 saturated carbocycles. The predicted octanol–water partition coefficient (Wildman–Crippen LogP) is 1.55. The Bertz CT molecular complexity index is 394. The number of rotatable bonds is 2. The van der Waals surface area contributed by atoms with Crippen LogP contribution in [0.1, 0.15) is 12.0 Å². The molecule has 4 heteroatoms. The average molecular weight is 283 g/mol. The van der Waals surface area contributed by atoms with Gasteiger partial charge in [0, 0.05) is 23.6 Å². The standard InChI is InChI=1S/C12H15BrN2O/c13-10-3-1-2-9(6-10)7-12(16)15-5-4-11(14)8-15/h1-3,6,11H,4-5,7-8,14H2/t11-/m0/s1. The summed E-state index contributed by atoms with van der Waals surface area (Å²) in [5.74, 6) is 0.172. The van der Waals surface area contributed by atoms with Gasteiger partial charge >= 0.3 is 0 Å². The van der Waals surface area contributed by atoms with Crippen LogP contribution in [-0.2, 0) is 11.2 Å². The van der Waals surface area contributed by atoms with E-state index in [0.717, 1.165) is 23.0 Å². The molecule has 1 saturated heterocycles. The van der Waals surface area contributed by atoms with Gasteiger partial charge in [-0.25, -0.2) is 0 Å². The number of nitrogens with two attached hydrogens (primary N) is 1. The Balaban J connectivity index is 1.97. The van der Waals surface area contributed by atoms with E-state index in [9.17, 15) is 4.79 Å². The Morgan fingerprint density at radius 2 is 2.38 bits per heavy atom. The molecule has 1 aromatic rings. The number of hydrogen-bond donors (Lipinski definition) is 1. The number of carbonyl (C=O) groups is 1. The van der Waals surface area contributed by atoms with Crippen LogP contribution in [0.2, 0.25) is 0 Å². The van der Waals surface area contributed by atoms with E-state index in [0.29, 0.717) is 13.0 Å². The summed E-state index contributed by atoms with van der Waals surface area (Å²) < 4.78 is 1.01. The lowest BCUT2D eigenvalue weighted by atomic mass is 10.1. The van der Waals surface area contributed by atoms with E-state index in [1.54, 1.807) is 0 Å². The summed E-state index contributed by atoms with van der Waals surface area (Å²) in [5.41, 5.74) is 6.82. The molecule has 1 amide bonds. The summed E-state index contributed by atoms with van der Waals surface area (Å²) in [5, 5.41) is 0. The van der Waals surface area contributed by atoms with Crippen molar-refractivity contribution in [2.45, 2.75) is 18.9 Å². The topological polar surface area (TPSA) is 46.3 Å². The molecule has 1 aliphatic heterocycles. The van der Waals surface area contributed by atoms with Gasteiger partial charge in [0.2, 0.25) is 5.91 Å². The Hall–Kier alpha value is -0.870. The van der Waals surface area contributed by atoms with Crippen molar-refractivity contribution in [1.29, 1.82) is 0 Å². The first-order valence-electron chi connectivity index (χ1n) is 5.43. The van der Waals surface area contributed by atoms with Gasteiger partial charge in [0.25, 0.3) is 0 Å². The third kappa shape index (κ3) is 2.83. The lowest BCUT2D eigenvalue weighted by Crippen LogP contribution is -2.32. The van der Waals surface area contributed by atoms with Crippen molar-refractivity contribution >= 4 is 21.8 Å². The van der Waals surface area contributed by atoms with Crippen molar-refractivity contribution in [2.75, 3.05) is 13.1 Å². The Morgan fingerprint density at radius 1 is 1.56 bits per heavy atom. The number of halogens is 1. The molecule has 0 unspecified atom stereocenters. The maximum atomic E-state index is 11.9. The summed E-state index contributed by atoms with van der Waals surface area (Å²) in [6.07, 6.45) is 1.39. The zero-order valence-electron chi connectivity index (χ0n) is 9.03. The van der Waals surface area contributed by atoms with Crippen LogP contribution < -0.4 is 5.73 Å². The Morgan fingerprint density at radius 3 is 3.00 bits per heavy atom. The van der Waals surface area contributed by atoms with Crippen LogP contribution in [0.4, 0.5) is 0 Å². The van der Waals surface area contributed by atoms with Crippen molar-refractivity contribution in [1.82, 2.24) is 4.90 Å². The summed E-state index contributed by atoms with van der Waals surface area (Å²) in [4.78, 5) is 13.8. The van der Waals surface area contributed by atoms with Gasteiger partial charge in [-0.3, -0.25) is 4.79 Å². The molecule has 2 N–H and O–H groups in total. The monoisotopic (exact) mass is 282 g/mol. The maximum Gasteiger partial charge on any atom is 0.227 e. The zero-order chi connectivity index (χ0) is 11.5. The van der Waals surface area contributed by atoms with E-state index in [2.05, 4.69) is 15.9 Å². The van der Waals surface area contributed by atoms with Crippen LogP contribution in [0.25, 0.3) is 0 Å². The minimum atomic E-state index is 0.159. The lowest BCUT2D eigenvalue weighted by Gasteiger charge is -2.15. The van der Waals surface area contributed by atoms with Crippen molar-refractivity contribution in [3.63, 3.8) is 0 Å². The predicted molar refractivity (Wildman–Crippen MR) is 67.0 cm³/mol. The van der Waals surface area contributed by atoms with Crippen LogP contribution in [0.5, 0.6) is 0 Å². The number of nitrogens with zero attached hydrogens (tertiary/aromatic N) is 1. The smallest absolute Gasteiger partial charge is 0.227 e. The molecule has 1 heterocycles. The highest BCUT2D eigenvalue weighted by molar-refractivity contribution is 9.10. The number of benzene rings is 1. The molecule has 3 nitrogen and oxygen atoms in total. The van der Waals surface area contributed by atoms with E-state index in [4.69, 9.17) is 5.73 Å². The van der Waals surface area contributed by atoms with Crippen molar-refractivity contribution in [3.05, 3.63) is 34.3 Å². The SMILES string of the molecule is N[C@H]1CCN(C(=O)Cc2cccc(Br)c2)C1. The molecule has 1 aromatic carbocycles. The highest BCUT2D eigenvalue weighted by atomic mass is 79.9. The Kier molecular flexibility index (Phi) is 3.61. The first kappa shape index (κ1) is 11.6. The van der Waals surface area contributed by atoms with E-state index < -0.39 is 0 Å². The molecule has 0 aliphatic carbocycles. The third-order valence-corrected chi connectivity index (χ3v) is 3.32. The molecule has 0 aromatic heterocycles. The van der Waals surface area contributed by atoms with Gasteiger partial charge in [-0.1, -0.05) is 28.1 Å². The molecule has 0 bridgehead atoms. The highest BCUT2D eigenvalue weighted by Gasteiger charge is 2.23. The van der Waals surface area contributed by atoms with Gasteiger partial charge in [0.15, 0.2) is 0 Å². The lowest BCUT2D eigenvalue weighted by molar-refractivity contribution is -0.129. The van der Waals surface area contributed by atoms with Gasteiger partial charge in [-0.2, -0.15) is 0 Å². The summed E-state index contributed by atoms with van der Waals surface area (Å²) >= 11 is 3.40. The van der Waals surface area contributed by atoms with E-state index >= 15 is 0 Å². The second-order valence-electron chi connectivity index (χ2n) is 4.20. The number of likely N-dealkylation sites (tertiary alicyclic amines) is 1. The maximum absolute atomic E-state index is 11.9. The van der Waals surface area contributed by atoms with Gasteiger partial charge < -0.3 is 10.6 Å². The molecule has 1 atom stereocenters. The number of carbonyl (C=O) groups excluding carboxylic acids is 1. The quantitative estimate of drug-likeness (QED) is 0.895. The zero-order valence-corrected chi connectivity index (χ0v) is 10.6. The van der Waals surface area contributed by atoms with Crippen molar-refractivity contribution in [2.24, 2.45) is 5.73 Å². The molecule has 86 valence electrons. The van der Waals surface area contributed by atoms with Crippen LogP contribution in [0.15, 0.2) is 28.7 Å². The van der Waals surface area contributed by atoms with E-state index in [1.807, 2.05) is 29.2 Å². The first-order valence-corrected chi connectivity index (χ1v) is 6.22. The largest absolute Gasteiger partial charge is 0.341 e. The summed E-state index contributed by atoms with van der Waals surface area (Å²) in [6.45, 7) is 1.50. The van der Waals surface area contributed by atoms with Gasteiger partial charge in [0.1, 0.15) is 0 Å². The molecule has 2 rings (SSSR count). The molecule has 0 radical (unpaired) electrons. The molecule has 16 heavy (non-hydrogen) atoms. The Labute approximate surface area is 104 Å². The fourth-order valence-electron chi connectivity index (χ4n) is 1.95. The minimum absolute atomic E-state index is 0.159. The molecular formula is C12H15BrN2O. The van der Waals surface area contributed by atoms with Gasteiger partial charge in [0.05, 0.1) is 6.42 Å². The molecule has 1 aliphatic rings. The molecule has 0 spiro atoms. The fourth-order valence-corrected chi connectivity index (χ4v) is 2.39. The van der Waals surface area contributed by atoms with Crippen LogP contribution >= 0.6 is 15.9 Å². The van der Waals surface area contributed by atoms with Crippen LogP contribution in [0.3, 0.4) is 0 Å². The number of amides is 1. The highest BCUT2D eigenvalue weighted by Crippen LogP contribution is 2.14. The van der Waals surface area contributed by atoms with Gasteiger partial charge in [-0.05, 0) is 24.1 Å². The fraction of sp³-hybridized carbons (Fsp3) is 0.417. The first-order chi connectivity index (χ1) is 7.65. The van der Waals surface area contributed by atoms with Crippen LogP contribution in [-0.4, -0.2) is 29.9 Å². The van der Waals surface area contributed by atoms with Gasteiger partial charge in [-0.15, -0.1) is 0 Å². The van der Waals surface area contributed by atoms with Crippen LogP contribution in [0, 0.1) is 0 Å². The second kappa shape index (κ2) is 4.97. The minimum Gasteiger partial charge on any atom is -0.341 e. The van der Waals surface area contributed by atoms with Crippen molar-refractivity contribution in [3.8, 4) is 0 Å². The normalized spacial score (nSPS) is 20.1. The van der Waals surface area contributed by atoms with Crippen molar-refractivity contribution < 1.29 is 4.79 Å². The number of hydrogen-bond acceptors (Lipinski definition) is 2. The van der Waals surface area contributed by atoms with E-state index in [1.165, 1.54) is 0 Å². The summed E-state index contributed by atoms with van der Waals surface area (Å²) in [7, 11) is 0.